The van der Waals surface area contributed by atoms with Gasteiger partial charge in [0.15, 0.2) is 0 Å². The summed E-state index contributed by atoms with van der Waals surface area (Å²) in [6.45, 7) is 3.96. The predicted octanol–water partition coefficient (Wildman–Crippen LogP) is 0.943. The van der Waals surface area contributed by atoms with Crippen LogP contribution in [0.1, 0.15) is 35.4 Å². The molecule has 1 amide bonds. The molecule has 1 aromatic heterocycles. The van der Waals surface area contributed by atoms with Crippen LogP contribution in [0.3, 0.4) is 0 Å². The second-order valence-corrected chi connectivity index (χ2v) is 5.05. The number of nitrogens with zero attached hydrogens (tertiary/aromatic N) is 3. The number of aromatic nitrogens is 2. The molecular weight excluding hydrogens is 228 g/mol. The molecule has 0 saturated carbocycles. The summed E-state index contributed by atoms with van der Waals surface area (Å²) in [5.74, 6) is 0.0741. The van der Waals surface area contributed by atoms with Crippen molar-refractivity contribution >= 4 is 5.91 Å². The molecule has 1 aliphatic rings. The highest BCUT2D eigenvalue weighted by molar-refractivity contribution is 5.92. The van der Waals surface area contributed by atoms with Crippen molar-refractivity contribution in [2.75, 3.05) is 20.1 Å². The quantitative estimate of drug-likeness (QED) is 0.850. The Morgan fingerprint density at radius 2 is 2.28 bits per heavy atom. The van der Waals surface area contributed by atoms with Gasteiger partial charge >= 0.3 is 0 Å². The molecule has 2 rings (SSSR count). The lowest BCUT2D eigenvalue weighted by molar-refractivity contribution is 0.0709. The second kappa shape index (κ2) is 5.52. The summed E-state index contributed by atoms with van der Waals surface area (Å²) in [6, 6.07) is 2.19. The van der Waals surface area contributed by atoms with Gasteiger partial charge in [-0.25, -0.2) is 0 Å². The molecule has 2 heterocycles. The van der Waals surface area contributed by atoms with E-state index in [0.29, 0.717) is 11.7 Å². The molecule has 1 aliphatic heterocycles. The summed E-state index contributed by atoms with van der Waals surface area (Å²) in [5, 5.41) is 7.61. The maximum atomic E-state index is 12.4. The third-order valence-electron chi connectivity index (χ3n) is 3.63. The van der Waals surface area contributed by atoms with Crippen molar-refractivity contribution in [1.82, 2.24) is 20.0 Å². The van der Waals surface area contributed by atoms with E-state index in [4.69, 9.17) is 0 Å². The first-order valence-corrected chi connectivity index (χ1v) is 6.58. The van der Waals surface area contributed by atoms with Crippen LogP contribution in [0.5, 0.6) is 0 Å². The van der Waals surface area contributed by atoms with Crippen LogP contribution in [0.4, 0.5) is 0 Å². The minimum Gasteiger partial charge on any atom is -0.337 e. The fourth-order valence-corrected chi connectivity index (χ4v) is 2.55. The predicted molar refractivity (Wildman–Crippen MR) is 70.5 cm³/mol. The number of rotatable bonds is 2. The molecule has 0 bridgehead atoms. The van der Waals surface area contributed by atoms with Crippen molar-refractivity contribution in [1.29, 1.82) is 0 Å². The summed E-state index contributed by atoms with van der Waals surface area (Å²) in [6.07, 6.45) is 3.23. The molecule has 1 atom stereocenters. The van der Waals surface area contributed by atoms with Gasteiger partial charge in [-0.15, -0.1) is 0 Å². The lowest BCUT2D eigenvalue weighted by atomic mass is 10.1. The summed E-state index contributed by atoms with van der Waals surface area (Å²) in [4.78, 5) is 14.3. The van der Waals surface area contributed by atoms with Crippen LogP contribution >= 0.6 is 0 Å². The first-order valence-electron chi connectivity index (χ1n) is 6.58. The Morgan fingerprint density at radius 1 is 1.50 bits per heavy atom. The van der Waals surface area contributed by atoms with Crippen molar-refractivity contribution in [3.63, 3.8) is 0 Å². The minimum absolute atomic E-state index is 0.0741. The first kappa shape index (κ1) is 13.1. The molecule has 18 heavy (non-hydrogen) atoms. The van der Waals surface area contributed by atoms with E-state index >= 15 is 0 Å². The van der Waals surface area contributed by atoms with Gasteiger partial charge < -0.3 is 10.2 Å². The molecule has 100 valence electrons. The fraction of sp³-hybridized carbons (Fsp3) is 0.692. The van der Waals surface area contributed by atoms with E-state index in [-0.39, 0.29) is 5.91 Å². The van der Waals surface area contributed by atoms with Crippen molar-refractivity contribution in [3.8, 4) is 0 Å². The van der Waals surface area contributed by atoms with Gasteiger partial charge in [0.25, 0.3) is 5.91 Å². The standard InChI is InChI=1S/C13H22N4O/c1-10-9-12(17(3)15-10)13(18)16(2)11-5-4-7-14-8-6-11/h9,11,14H,4-8H2,1-3H3. The smallest absolute Gasteiger partial charge is 0.272 e. The molecule has 0 aromatic carbocycles. The first-order chi connectivity index (χ1) is 8.59. The van der Waals surface area contributed by atoms with E-state index < -0.39 is 0 Å². The van der Waals surface area contributed by atoms with Crippen molar-refractivity contribution < 1.29 is 4.79 Å². The van der Waals surface area contributed by atoms with E-state index in [2.05, 4.69) is 10.4 Å². The topological polar surface area (TPSA) is 50.2 Å². The lowest BCUT2D eigenvalue weighted by Crippen LogP contribution is -2.38. The third-order valence-corrected chi connectivity index (χ3v) is 3.63. The van der Waals surface area contributed by atoms with E-state index in [1.165, 1.54) is 0 Å². The van der Waals surface area contributed by atoms with Gasteiger partial charge in [0.1, 0.15) is 5.69 Å². The molecule has 1 N–H and O–H groups in total. The minimum atomic E-state index is 0.0741. The molecule has 0 spiro atoms. The highest BCUT2D eigenvalue weighted by atomic mass is 16.2. The average Bonchev–Trinajstić information content (AvgIpc) is 2.59. The highest BCUT2D eigenvalue weighted by Gasteiger charge is 2.24. The summed E-state index contributed by atoms with van der Waals surface area (Å²) in [7, 11) is 3.73. The zero-order valence-electron chi connectivity index (χ0n) is 11.4. The van der Waals surface area contributed by atoms with Crippen LogP contribution in [-0.4, -0.2) is 46.8 Å². The van der Waals surface area contributed by atoms with Crippen molar-refractivity contribution in [3.05, 3.63) is 17.5 Å². The lowest BCUT2D eigenvalue weighted by Gasteiger charge is -2.26. The van der Waals surface area contributed by atoms with Gasteiger partial charge in [0.2, 0.25) is 0 Å². The number of carbonyl (C=O) groups is 1. The van der Waals surface area contributed by atoms with E-state index in [0.717, 1.165) is 38.0 Å². The van der Waals surface area contributed by atoms with Gasteiger partial charge in [0, 0.05) is 20.1 Å². The molecule has 1 unspecified atom stereocenters. The van der Waals surface area contributed by atoms with Crippen molar-refractivity contribution in [2.45, 2.75) is 32.2 Å². The maximum Gasteiger partial charge on any atom is 0.272 e. The number of hydrogen-bond donors (Lipinski definition) is 1. The molecule has 5 nitrogen and oxygen atoms in total. The summed E-state index contributed by atoms with van der Waals surface area (Å²) in [5.41, 5.74) is 1.56. The Bertz CT molecular complexity index is 419. The zero-order valence-corrected chi connectivity index (χ0v) is 11.4. The van der Waals surface area contributed by atoms with E-state index in [1.54, 1.807) is 4.68 Å². The molecule has 1 saturated heterocycles. The van der Waals surface area contributed by atoms with Crippen LogP contribution in [0, 0.1) is 6.92 Å². The monoisotopic (exact) mass is 250 g/mol. The molecule has 1 fully saturated rings. The normalized spacial score (nSPS) is 20.5. The van der Waals surface area contributed by atoms with Gasteiger partial charge in [0.05, 0.1) is 5.69 Å². The molecule has 1 aromatic rings. The molecular formula is C13H22N4O. The Morgan fingerprint density at radius 3 is 2.94 bits per heavy atom. The van der Waals surface area contributed by atoms with Gasteiger partial charge in [-0.05, 0) is 45.3 Å². The summed E-state index contributed by atoms with van der Waals surface area (Å²) >= 11 is 0. The van der Waals surface area contributed by atoms with Gasteiger partial charge in [-0.3, -0.25) is 9.48 Å². The van der Waals surface area contributed by atoms with Crippen LogP contribution in [0.15, 0.2) is 6.07 Å². The average molecular weight is 250 g/mol. The molecule has 0 radical (unpaired) electrons. The van der Waals surface area contributed by atoms with E-state index in [9.17, 15) is 4.79 Å². The SMILES string of the molecule is Cc1cc(C(=O)N(C)C2CCCNCC2)n(C)n1. The highest BCUT2D eigenvalue weighted by Crippen LogP contribution is 2.15. The Hall–Kier alpha value is -1.36. The largest absolute Gasteiger partial charge is 0.337 e. The number of hydrogen-bond acceptors (Lipinski definition) is 3. The van der Waals surface area contributed by atoms with Gasteiger partial charge in [-0.1, -0.05) is 0 Å². The number of amides is 1. The molecule has 5 heteroatoms. The Labute approximate surface area is 108 Å². The Balaban J connectivity index is 2.10. The Kier molecular flexibility index (Phi) is 4.01. The van der Waals surface area contributed by atoms with Gasteiger partial charge in [-0.2, -0.15) is 5.10 Å². The summed E-state index contributed by atoms with van der Waals surface area (Å²) < 4.78 is 1.67. The molecule has 0 aliphatic carbocycles. The van der Waals surface area contributed by atoms with Crippen LogP contribution < -0.4 is 5.32 Å². The van der Waals surface area contributed by atoms with Crippen molar-refractivity contribution in [2.24, 2.45) is 7.05 Å². The number of aryl methyl sites for hydroxylation is 2. The van der Waals surface area contributed by atoms with Crippen LogP contribution in [0.25, 0.3) is 0 Å². The second-order valence-electron chi connectivity index (χ2n) is 5.05. The van der Waals surface area contributed by atoms with E-state index in [1.807, 2.05) is 32.0 Å². The maximum absolute atomic E-state index is 12.4. The zero-order chi connectivity index (χ0) is 13.1. The number of nitrogens with one attached hydrogen (secondary N) is 1. The number of carbonyl (C=O) groups excluding carboxylic acids is 1. The fourth-order valence-electron chi connectivity index (χ4n) is 2.55. The van der Waals surface area contributed by atoms with Crippen LogP contribution in [-0.2, 0) is 7.05 Å². The third kappa shape index (κ3) is 2.72. The van der Waals surface area contributed by atoms with Crippen LogP contribution in [0.2, 0.25) is 0 Å².